The number of alkyl halides is 3. The lowest BCUT2D eigenvalue weighted by Crippen LogP contribution is -2.49. The van der Waals surface area contributed by atoms with Crippen molar-refractivity contribution in [3.8, 4) is 0 Å². The third-order valence-electron chi connectivity index (χ3n) is 2.98. The maximum absolute atomic E-state index is 12.8. The van der Waals surface area contributed by atoms with Gasteiger partial charge in [0, 0.05) is 12.2 Å². The highest BCUT2D eigenvalue weighted by molar-refractivity contribution is 6.04. The van der Waals surface area contributed by atoms with Crippen molar-refractivity contribution in [1.82, 2.24) is 0 Å². The summed E-state index contributed by atoms with van der Waals surface area (Å²) in [5, 5.41) is 0. The Morgan fingerprint density at radius 3 is 2.56 bits per heavy atom. The minimum absolute atomic E-state index is 0.0436. The Bertz CT molecular complexity index is 465. The smallest absolute Gasteiger partial charge is 0.379 e. The topological polar surface area (TPSA) is 52.3 Å². The summed E-state index contributed by atoms with van der Waals surface area (Å²) in [4.78, 5) is 12.1. The number of ether oxygens (including phenoxy) is 1. The molecular formula is C12H12F3NO2. The monoisotopic (exact) mass is 259 g/mol. The molecular weight excluding hydrogens is 247 g/mol. The third-order valence-corrected chi connectivity index (χ3v) is 2.98. The summed E-state index contributed by atoms with van der Waals surface area (Å²) in [5.41, 5.74) is 3.12. The van der Waals surface area contributed by atoms with E-state index < -0.39 is 28.6 Å². The molecule has 0 aliphatic carbocycles. The molecule has 1 aliphatic heterocycles. The fourth-order valence-corrected chi connectivity index (χ4v) is 1.96. The van der Waals surface area contributed by atoms with Gasteiger partial charge in [-0.25, -0.2) is 0 Å². The van der Waals surface area contributed by atoms with Crippen molar-refractivity contribution >= 4 is 5.78 Å². The second kappa shape index (κ2) is 4.37. The summed E-state index contributed by atoms with van der Waals surface area (Å²) in [6.45, 7) is 0.244. The van der Waals surface area contributed by atoms with Gasteiger partial charge in [-0.2, -0.15) is 13.2 Å². The van der Waals surface area contributed by atoms with Crippen LogP contribution in [0.1, 0.15) is 22.3 Å². The van der Waals surface area contributed by atoms with Crippen molar-refractivity contribution in [1.29, 1.82) is 0 Å². The molecule has 1 atom stereocenters. The highest BCUT2D eigenvalue weighted by Crippen LogP contribution is 2.34. The zero-order valence-corrected chi connectivity index (χ0v) is 9.46. The second-order valence-corrected chi connectivity index (χ2v) is 4.33. The molecule has 0 spiro atoms. The van der Waals surface area contributed by atoms with Gasteiger partial charge in [0.15, 0.2) is 5.78 Å². The summed E-state index contributed by atoms with van der Waals surface area (Å²) in [6.07, 6.45) is -4.33. The minimum atomic E-state index is -4.57. The molecule has 98 valence electrons. The van der Waals surface area contributed by atoms with Gasteiger partial charge >= 0.3 is 6.18 Å². The Morgan fingerprint density at radius 2 is 2.00 bits per heavy atom. The van der Waals surface area contributed by atoms with E-state index in [1.807, 2.05) is 0 Å². The van der Waals surface area contributed by atoms with Gasteiger partial charge in [0.1, 0.15) is 5.54 Å². The summed E-state index contributed by atoms with van der Waals surface area (Å²) in [5.74, 6) is -0.715. The average molecular weight is 259 g/mol. The molecule has 0 amide bonds. The number of carbonyl (C=O) groups excluding carboxylic acids is 1. The Kier molecular flexibility index (Phi) is 3.16. The van der Waals surface area contributed by atoms with Gasteiger partial charge in [0.25, 0.3) is 0 Å². The quantitative estimate of drug-likeness (QED) is 0.826. The highest BCUT2D eigenvalue weighted by atomic mass is 19.4. The van der Waals surface area contributed by atoms with Crippen molar-refractivity contribution in [2.75, 3.05) is 13.2 Å². The molecule has 1 aromatic rings. The van der Waals surface area contributed by atoms with Gasteiger partial charge in [-0.3, -0.25) is 4.79 Å². The molecule has 18 heavy (non-hydrogen) atoms. The summed E-state index contributed by atoms with van der Waals surface area (Å²) >= 11 is 0. The number of ketones is 1. The number of Topliss-reactive ketones (excluding diaryl/α,β-unsaturated/α-hetero) is 1. The second-order valence-electron chi connectivity index (χ2n) is 4.33. The molecule has 1 saturated heterocycles. The van der Waals surface area contributed by atoms with E-state index in [2.05, 4.69) is 0 Å². The van der Waals surface area contributed by atoms with E-state index in [-0.39, 0.29) is 19.6 Å². The molecule has 1 fully saturated rings. The van der Waals surface area contributed by atoms with E-state index >= 15 is 0 Å². The van der Waals surface area contributed by atoms with Gasteiger partial charge in [-0.1, -0.05) is 18.2 Å². The van der Waals surface area contributed by atoms with Crippen LogP contribution in [0.25, 0.3) is 0 Å². The number of benzene rings is 1. The predicted molar refractivity (Wildman–Crippen MR) is 58.1 cm³/mol. The zero-order valence-electron chi connectivity index (χ0n) is 9.46. The third kappa shape index (κ3) is 2.26. The fourth-order valence-electron chi connectivity index (χ4n) is 1.96. The van der Waals surface area contributed by atoms with E-state index in [1.165, 1.54) is 12.1 Å². The molecule has 1 aromatic carbocycles. The Morgan fingerprint density at radius 1 is 1.33 bits per heavy atom. The molecule has 3 nitrogen and oxygen atoms in total. The van der Waals surface area contributed by atoms with E-state index in [9.17, 15) is 18.0 Å². The molecule has 1 aliphatic rings. The zero-order chi connectivity index (χ0) is 13.4. The normalized spacial score (nSPS) is 24.2. The Balaban J connectivity index is 2.42. The van der Waals surface area contributed by atoms with Crippen LogP contribution in [0.15, 0.2) is 24.3 Å². The first-order valence-corrected chi connectivity index (χ1v) is 5.42. The molecule has 0 saturated carbocycles. The number of rotatable bonds is 2. The first kappa shape index (κ1) is 13.0. The maximum Gasteiger partial charge on any atom is 0.417 e. The van der Waals surface area contributed by atoms with Crippen LogP contribution < -0.4 is 5.73 Å². The number of hydrogen-bond acceptors (Lipinski definition) is 3. The molecule has 2 N–H and O–H groups in total. The van der Waals surface area contributed by atoms with Gasteiger partial charge < -0.3 is 10.5 Å². The lowest BCUT2D eigenvalue weighted by molar-refractivity contribution is -0.137. The molecule has 1 heterocycles. The van der Waals surface area contributed by atoms with E-state index in [0.29, 0.717) is 0 Å². The Hall–Kier alpha value is -1.40. The molecule has 6 heteroatoms. The largest absolute Gasteiger partial charge is 0.417 e. The van der Waals surface area contributed by atoms with Gasteiger partial charge in [-0.15, -0.1) is 0 Å². The number of hydrogen-bond donors (Lipinski definition) is 1. The van der Waals surface area contributed by atoms with Crippen LogP contribution in [0.5, 0.6) is 0 Å². The van der Waals surface area contributed by atoms with Crippen LogP contribution in [0.4, 0.5) is 13.2 Å². The van der Waals surface area contributed by atoms with E-state index in [4.69, 9.17) is 10.5 Å². The standard InChI is InChI=1S/C12H12F3NO2/c13-12(14,15)9-4-2-1-3-8(9)10(17)11(16)5-6-18-7-11/h1-4H,5-7,16H2. The lowest BCUT2D eigenvalue weighted by atomic mass is 9.87. The molecule has 0 aromatic heterocycles. The minimum Gasteiger partial charge on any atom is -0.379 e. The number of halogens is 3. The van der Waals surface area contributed by atoms with E-state index in [1.54, 1.807) is 0 Å². The SMILES string of the molecule is NC1(C(=O)c2ccccc2C(F)(F)F)CCOC1. The van der Waals surface area contributed by atoms with Crippen LogP contribution in [0.3, 0.4) is 0 Å². The van der Waals surface area contributed by atoms with Gasteiger partial charge in [0.2, 0.25) is 0 Å². The van der Waals surface area contributed by atoms with Crippen LogP contribution in [-0.4, -0.2) is 24.5 Å². The van der Waals surface area contributed by atoms with E-state index in [0.717, 1.165) is 12.1 Å². The number of nitrogens with two attached hydrogens (primary N) is 1. The highest BCUT2D eigenvalue weighted by Gasteiger charge is 2.43. The molecule has 0 radical (unpaired) electrons. The summed E-state index contributed by atoms with van der Waals surface area (Å²) in [7, 11) is 0. The average Bonchev–Trinajstić information content (AvgIpc) is 2.75. The fraction of sp³-hybridized carbons (Fsp3) is 0.417. The van der Waals surface area contributed by atoms with Gasteiger partial charge in [-0.05, 0) is 12.5 Å². The summed E-state index contributed by atoms with van der Waals surface area (Å²) < 4.78 is 43.4. The maximum atomic E-state index is 12.8. The first-order chi connectivity index (χ1) is 8.34. The van der Waals surface area contributed by atoms with Crippen molar-refractivity contribution in [3.63, 3.8) is 0 Å². The Labute approximate surface area is 102 Å². The van der Waals surface area contributed by atoms with Crippen LogP contribution in [0.2, 0.25) is 0 Å². The van der Waals surface area contributed by atoms with Crippen molar-refractivity contribution in [3.05, 3.63) is 35.4 Å². The van der Waals surface area contributed by atoms with Gasteiger partial charge in [0.05, 0.1) is 12.2 Å². The van der Waals surface area contributed by atoms with Crippen LogP contribution in [0, 0.1) is 0 Å². The van der Waals surface area contributed by atoms with Crippen LogP contribution >= 0.6 is 0 Å². The molecule has 2 rings (SSSR count). The van der Waals surface area contributed by atoms with Crippen molar-refractivity contribution < 1.29 is 22.7 Å². The summed E-state index contributed by atoms with van der Waals surface area (Å²) in [6, 6.07) is 4.67. The predicted octanol–water partition coefficient (Wildman–Crippen LogP) is 2.01. The lowest BCUT2D eigenvalue weighted by Gasteiger charge is -2.22. The molecule has 1 unspecified atom stereocenters. The van der Waals surface area contributed by atoms with Crippen molar-refractivity contribution in [2.45, 2.75) is 18.1 Å². The molecule has 0 bridgehead atoms. The number of carbonyl (C=O) groups is 1. The van der Waals surface area contributed by atoms with Crippen LogP contribution in [-0.2, 0) is 10.9 Å². The first-order valence-electron chi connectivity index (χ1n) is 5.42. The van der Waals surface area contributed by atoms with Crippen molar-refractivity contribution in [2.24, 2.45) is 5.73 Å².